The smallest absolute Gasteiger partial charge is 0.328 e. The van der Waals surface area contributed by atoms with Gasteiger partial charge in [-0.1, -0.05) is 27.2 Å². The monoisotopic (exact) mass is 245 g/mol. The van der Waals surface area contributed by atoms with Gasteiger partial charge in [-0.15, -0.1) is 0 Å². The molecule has 1 amide bonds. The number of carbonyl (C=O) groups excluding carboxylic acids is 1. The fourth-order valence-corrected chi connectivity index (χ4v) is 1.70. The van der Waals surface area contributed by atoms with Crippen LogP contribution in [0.2, 0.25) is 0 Å². The highest BCUT2D eigenvalue weighted by molar-refractivity contribution is 5.85. The van der Waals surface area contributed by atoms with Crippen molar-refractivity contribution in [2.45, 2.75) is 39.7 Å². The fourth-order valence-electron chi connectivity index (χ4n) is 1.70. The van der Waals surface area contributed by atoms with E-state index in [0.717, 1.165) is 12.8 Å². The maximum Gasteiger partial charge on any atom is 0.328 e. The van der Waals surface area contributed by atoms with E-state index >= 15 is 0 Å². The number of hydrogen-bond donors (Lipinski definition) is 2. The Kier molecular flexibility index (Phi) is 7.54. The summed E-state index contributed by atoms with van der Waals surface area (Å²) >= 11 is 0. The molecule has 2 atom stereocenters. The van der Waals surface area contributed by atoms with Gasteiger partial charge >= 0.3 is 5.97 Å². The molecule has 0 bridgehead atoms. The zero-order valence-corrected chi connectivity index (χ0v) is 11.0. The van der Waals surface area contributed by atoms with Crippen molar-refractivity contribution in [3.63, 3.8) is 0 Å². The van der Waals surface area contributed by atoms with E-state index in [2.05, 4.69) is 5.32 Å². The first-order valence-electron chi connectivity index (χ1n) is 5.96. The van der Waals surface area contributed by atoms with Crippen LogP contribution in [0.25, 0.3) is 0 Å². The first-order chi connectivity index (χ1) is 7.93. The summed E-state index contributed by atoms with van der Waals surface area (Å²) in [5.74, 6) is -1.21. The molecule has 0 aromatic heterocycles. The molecular weight excluding hydrogens is 222 g/mol. The molecule has 0 aliphatic carbocycles. The molecule has 0 aromatic rings. The molecule has 0 fully saturated rings. The van der Waals surface area contributed by atoms with Gasteiger partial charge in [0.1, 0.15) is 0 Å². The SMILES string of the molecule is CCCC(C(=O)NC(COC)C(=O)O)C(C)C. The van der Waals surface area contributed by atoms with Crippen molar-refractivity contribution in [1.82, 2.24) is 5.32 Å². The van der Waals surface area contributed by atoms with Gasteiger partial charge in [0, 0.05) is 13.0 Å². The molecule has 0 spiro atoms. The molecule has 0 saturated carbocycles. The third-order valence-corrected chi connectivity index (χ3v) is 2.69. The average molecular weight is 245 g/mol. The van der Waals surface area contributed by atoms with Crippen LogP contribution in [0.15, 0.2) is 0 Å². The molecule has 0 aromatic carbocycles. The van der Waals surface area contributed by atoms with Crippen LogP contribution in [0.1, 0.15) is 33.6 Å². The van der Waals surface area contributed by atoms with E-state index in [-0.39, 0.29) is 24.3 Å². The summed E-state index contributed by atoms with van der Waals surface area (Å²) in [5, 5.41) is 11.4. The average Bonchev–Trinajstić information content (AvgIpc) is 2.24. The van der Waals surface area contributed by atoms with Crippen LogP contribution >= 0.6 is 0 Å². The van der Waals surface area contributed by atoms with Gasteiger partial charge in [0.05, 0.1) is 6.61 Å². The summed E-state index contributed by atoms with van der Waals surface area (Å²) < 4.78 is 4.77. The lowest BCUT2D eigenvalue weighted by atomic mass is 9.90. The molecule has 2 unspecified atom stereocenters. The Hall–Kier alpha value is -1.10. The number of aliphatic carboxylic acids is 1. The summed E-state index contributed by atoms with van der Waals surface area (Å²) in [6.07, 6.45) is 1.67. The Labute approximate surface area is 103 Å². The zero-order valence-electron chi connectivity index (χ0n) is 11.0. The predicted octanol–water partition coefficient (Wildman–Crippen LogP) is 1.27. The third-order valence-electron chi connectivity index (χ3n) is 2.69. The first kappa shape index (κ1) is 15.9. The number of ether oxygens (including phenoxy) is 1. The van der Waals surface area contributed by atoms with Crippen LogP contribution in [0.3, 0.4) is 0 Å². The molecule has 100 valence electrons. The van der Waals surface area contributed by atoms with Crippen LogP contribution in [-0.4, -0.2) is 36.7 Å². The first-order valence-corrected chi connectivity index (χ1v) is 5.96. The van der Waals surface area contributed by atoms with E-state index in [4.69, 9.17) is 9.84 Å². The molecule has 0 aliphatic rings. The molecule has 0 saturated heterocycles. The zero-order chi connectivity index (χ0) is 13.4. The van der Waals surface area contributed by atoms with Crippen LogP contribution in [0.4, 0.5) is 0 Å². The van der Waals surface area contributed by atoms with Gasteiger partial charge in [-0.2, -0.15) is 0 Å². The van der Waals surface area contributed by atoms with Crippen molar-refractivity contribution in [3.8, 4) is 0 Å². The number of carboxylic acids is 1. The van der Waals surface area contributed by atoms with Crippen molar-refractivity contribution in [2.24, 2.45) is 11.8 Å². The predicted molar refractivity (Wildman–Crippen MR) is 64.7 cm³/mol. The van der Waals surface area contributed by atoms with Gasteiger partial charge in [-0.25, -0.2) is 4.79 Å². The largest absolute Gasteiger partial charge is 0.480 e. The van der Waals surface area contributed by atoms with E-state index in [9.17, 15) is 9.59 Å². The number of nitrogens with one attached hydrogen (secondary N) is 1. The Bertz CT molecular complexity index is 253. The van der Waals surface area contributed by atoms with Gasteiger partial charge in [-0.3, -0.25) is 4.79 Å². The molecule has 0 aliphatic heterocycles. The third kappa shape index (κ3) is 5.68. The van der Waals surface area contributed by atoms with Crippen LogP contribution in [0, 0.1) is 11.8 Å². The molecule has 17 heavy (non-hydrogen) atoms. The quantitative estimate of drug-likeness (QED) is 0.675. The maximum absolute atomic E-state index is 11.9. The van der Waals surface area contributed by atoms with E-state index in [1.807, 2.05) is 20.8 Å². The molecule has 5 heteroatoms. The minimum Gasteiger partial charge on any atom is -0.480 e. The van der Waals surface area contributed by atoms with Crippen molar-refractivity contribution >= 4 is 11.9 Å². The number of carboxylic acid groups (broad SMARTS) is 1. The molecule has 0 rings (SSSR count). The van der Waals surface area contributed by atoms with Gasteiger partial charge < -0.3 is 15.2 Å². The van der Waals surface area contributed by atoms with Gasteiger partial charge in [0.15, 0.2) is 6.04 Å². The Balaban J connectivity index is 4.50. The summed E-state index contributed by atoms with van der Waals surface area (Å²) in [7, 11) is 1.41. The fraction of sp³-hybridized carbons (Fsp3) is 0.833. The Morgan fingerprint density at radius 3 is 2.29 bits per heavy atom. The lowest BCUT2D eigenvalue weighted by Gasteiger charge is -2.22. The Morgan fingerprint density at radius 2 is 1.94 bits per heavy atom. The van der Waals surface area contributed by atoms with Crippen molar-refractivity contribution in [3.05, 3.63) is 0 Å². The molecule has 0 radical (unpaired) electrons. The molecule has 2 N–H and O–H groups in total. The van der Waals surface area contributed by atoms with Crippen molar-refractivity contribution in [1.29, 1.82) is 0 Å². The second-order valence-electron chi connectivity index (χ2n) is 4.49. The topological polar surface area (TPSA) is 75.6 Å². The lowest BCUT2D eigenvalue weighted by Crippen LogP contribution is -2.47. The minimum atomic E-state index is -1.07. The van der Waals surface area contributed by atoms with Gasteiger partial charge in [-0.05, 0) is 12.3 Å². The van der Waals surface area contributed by atoms with E-state index in [1.54, 1.807) is 0 Å². The second kappa shape index (κ2) is 8.06. The number of methoxy groups -OCH3 is 1. The van der Waals surface area contributed by atoms with Crippen LogP contribution in [-0.2, 0) is 14.3 Å². The lowest BCUT2D eigenvalue weighted by molar-refractivity contribution is -0.144. The highest BCUT2D eigenvalue weighted by atomic mass is 16.5. The summed E-state index contributed by atoms with van der Waals surface area (Å²) in [5.41, 5.74) is 0. The standard InChI is InChI=1S/C12H23NO4/c1-5-6-9(8(2)3)11(14)13-10(7-17-4)12(15)16/h8-10H,5-7H2,1-4H3,(H,13,14)(H,15,16). The van der Waals surface area contributed by atoms with Gasteiger partial charge in [0.2, 0.25) is 5.91 Å². The highest BCUT2D eigenvalue weighted by Crippen LogP contribution is 2.17. The number of carbonyl (C=O) groups is 2. The number of hydrogen-bond acceptors (Lipinski definition) is 3. The Morgan fingerprint density at radius 1 is 1.35 bits per heavy atom. The summed E-state index contributed by atoms with van der Waals surface area (Å²) in [4.78, 5) is 22.8. The van der Waals surface area contributed by atoms with Crippen LogP contribution in [0.5, 0.6) is 0 Å². The van der Waals surface area contributed by atoms with E-state index < -0.39 is 12.0 Å². The molecular formula is C12H23NO4. The van der Waals surface area contributed by atoms with Crippen molar-refractivity contribution in [2.75, 3.05) is 13.7 Å². The summed E-state index contributed by atoms with van der Waals surface area (Å²) in [6.45, 7) is 5.92. The van der Waals surface area contributed by atoms with E-state index in [0.29, 0.717) is 0 Å². The molecule has 0 heterocycles. The van der Waals surface area contributed by atoms with Gasteiger partial charge in [0.25, 0.3) is 0 Å². The second-order valence-corrected chi connectivity index (χ2v) is 4.49. The van der Waals surface area contributed by atoms with E-state index in [1.165, 1.54) is 7.11 Å². The van der Waals surface area contributed by atoms with Crippen molar-refractivity contribution < 1.29 is 19.4 Å². The summed E-state index contributed by atoms with van der Waals surface area (Å²) in [6, 6.07) is -0.967. The number of rotatable bonds is 8. The maximum atomic E-state index is 11.9. The van der Waals surface area contributed by atoms with Crippen LogP contribution < -0.4 is 5.32 Å². The highest BCUT2D eigenvalue weighted by Gasteiger charge is 2.26. The molecule has 5 nitrogen and oxygen atoms in total. The number of amides is 1. The minimum absolute atomic E-state index is 0.0159. The normalized spacial score (nSPS) is 14.4.